The van der Waals surface area contributed by atoms with Gasteiger partial charge in [-0.1, -0.05) is 12.1 Å². The van der Waals surface area contributed by atoms with E-state index >= 15 is 0 Å². The van der Waals surface area contributed by atoms with E-state index in [9.17, 15) is 21.2 Å². The number of anilines is 1. The molecule has 0 aromatic heterocycles. The molecule has 0 aliphatic carbocycles. The highest BCUT2D eigenvalue weighted by Crippen LogP contribution is 2.34. The molecular formula is C16H16FNO4S2. The Morgan fingerprint density at radius 1 is 0.958 bits per heavy atom. The van der Waals surface area contributed by atoms with Crippen molar-refractivity contribution >= 4 is 25.5 Å². The summed E-state index contributed by atoms with van der Waals surface area (Å²) in [6.07, 6.45) is 2.26. The third-order valence-corrected chi connectivity index (χ3v) is 6.91. The molecule has 128 valence electrons. The predicted molar refractivity (Wildman–Crippen MR) is 88.8 cm³/mol. The summed E-state index contributed by atoms with van der Waals surface area (Å²) in [6, 6.07) is 9.47. The van der Waals surface area contributed by atoms with E-state index < -0.39 is 25.7 Å². The Kier molecular flexibility index (Phi) is 4.13. The Morgan fingerprint density at radius 2 is 1.58 bits per heavy atom. The second-order valence-corrected chi connectivity index (χ2v) is 9.55. The molecule has 0 atom stereocenters. The van der Waals surface area contributed by atoms with Crippen LogP contribution in [0.4, 0.5) is 10.1 Å². The number of fused-ring (bicyclic) bond motifs is 1. The van der Waals surface area contributed by atoms with Gasteiger partial charge in [-0.3, -0.25) is 4.31 Å². The van der Waals surface area contributed by atoms with Crippen LogP contribution < -0.4 is 4.31 Å². The van der Waals surface area contributed by atoms with Gasteiger partial charge < -0.3 is 0 Å². The van der Waals surface area contributed by atoms with Crippen molar-refractivity contribution in [2.45, 2.75) is 22.6 Å². The van der Waals surface area contributed by atoms with E-state index in [-0.39, 0.29) is 22.0 Å². The molecule has 0 bridgehead atoms. The molecule has 0 radical (unpaired) electrons. The number of hydrogen-bond donors (Lipinski definition) is 0. The number of nitrogens with zero attached hydrogens (tertiary/aromatic N) is 1. The number of rotatable bonds is 3. The summed E-state index contributed by atoms with van der Waals surface area (Å²) in [5.74, 6) is -0.580. The van der Waals surface area contributed by atoms with E-state index in [1.165, 1.54) is 30.3 Å². The minimum Gasteiger partial charge on any atom is -0.263 e. The first kappa shape index (κ1) is 16.9. The molecule has 1 aliphatic heterocycles. The van der Waals surface area contributed by atoms with Crippen molar-refractivity contribution in [1.82, 2.24) is 0 Å². The maximum atomic E-state index is 14.2. The summed E-state index contributed by atoms with van der Waals surface area (Å²) in [7, 11) is -7.38. The van der Waals surface area contributed by atoms with Crippen molar-refractivity contribution in [3.63, 3.8) is 0 Å². The summed E-state index contributed by atoms with van der Waals surface area (Å²) in [5, 5.41) is 0. The van der Waals surface area contributed by atoms with Crippen LogP contribution in [0.2, 0.25) is 0 Å². The molecule has 0 amide bonds. The van der Waals surface area contributed by atoms with Gasteiger partial charge in [0.15, 0.2) is 9.84 Å². The fourth-order valence-corrected chi connectivity index (χ4v) is 4.97. The predicted octanol–water partition coefficient (Wildman–Crippen LogP) is 2.37. The average Bonchev–Trinajstić information content (AvgIpc) is 2.54. The van der Waals surface area contributed by atoms with Crippen molar-refractivity contribution in [1.29, 1.82) is 0 Å². The first-order valence-corrected chi connectivity index (χ1v) is 10.6. The van der Waals surface area contributed by atoms with Crippen LogP contribution in [0.3, 0.4) is 0 Å². The molecule has 0 saturated heterocycles. The lowest BCUT2D eigenvalue weighted by atomic mass is 10.0. The third kappa shape index (κ3) is 2.91. The monoisotopic (exact) mass is 369 g/mol. The van der Waals surface area contributed by atoms with Gasteiger partial charge in [-0.05, 0) is 48.7 Å². The van der Waals surface area contributed by atoms with Crippen LogP contribution in [0.1, 0.15) is 12.0 Å². The minimum absolute atomic E-state index is 0.0340. The maximum Gasteiger partial charge on any atom is 0.264 e. The van der Waals surface area contributed by atoms with Crippen LogP contribution in [-0.4, -0.2) is 29.6 Å². The second-order valence-electron chi connectivity index (χ2n) is 5.67. The standard InChI is InChI=1S/C16H16FNO4S2/c1-23(19,20)13-7-9-14(10-8-13)24(21,22)18-11-3-5-12-4-2-6-15(17)16(12)18/h2,4,6-10H,3,5,11H2,1H3. The third-order valence-electron chi connectivity index (χ3n) is 3.97. The molecule has 2 aromatic carbocycles. The van der Waals surface area contributed by atoms with Crippen LogP contribution in [0, 0.1) is 5.82 Å². The van der Waals surface area contributed by atoms with Gasteiger partial charge in [0.2, 0.25) is 0 Å². The first-order valence-electron chi connectivity index (χ1n) is 7.31. The summed E-state index contributed by atoms with van der Waals surface area (Å²) < 4.78 is 64.0. The van der Waals surface area contributed by atoms with Crippen molar-refractivity contribution < 1.29 is 21.2 Å². The summed E-state index contributed by atoms with van der Waals surface area (Å²) in [5.41, 5.74) is 0.730. The number of benzene rings is 2. The fourth-order valence-electron chi connectivity index (χ4n) is 2.79. The first-order chi connectivity index (χ1) is 11.2. The zero-order valence-electron chi connectivity index (χ0n) is 12.9. The van der Waals surface area contributed by atoms with Crippen LogP contribution in [0.25, 0.3) is 0 Å². The van der Waals surface area contributed by atoms with Crippen LogP contribution >= 0.6 is 0 Å². The van der Waals surface area contributed by atoms with Crippen molar-refractivity contribution in [3.8, 4) is 0 Å². The number of sulfonamides is 1. The fraction of sp³-hybridized carbons (Fsp3) is 0.250. The van der Waals surface area contributed by atoms with Crippen LogP contribution in [0.15, 0.2) is 52.3 Å². The molecule has 5 nitrogen and oxygen atoms in total. The molecule has 0 saturated carbocycles. The smallest absolute Gasteiger partial charge is 0.263 e. The van der Waals surface area contributed by atoms with E-state index in [2.05, 4.69) is 0 Å². The Bertz CT molecular complexity index is 983. The van der Waals surface area contributed by atoms with Crippen LogP contribution in [-0.2, 0) is 26.3 Å². The van der Waals surface area contributed by atoms with Crippen LogP contribution in [0.5, 0.6) is 0 Å². The lowest BCUT2D eigenvalue weighted by molar-refractivity contribution is 0.576. The van der Waals surface area contributed by atoms with Gasteiger partial charge in [-0.2, -0.15) is 0 Å². The summed E-state index contributed by atoms with van der Waals surface area (Å²) >= 11 is 0. The molecule has 2 aromatic rings. The van der Waals surface area contributed by atoms with E-state index in [4.69, 9.17) is 0 Å². The van der Waals surface area contributed by atoms with Crippen molar-refractivity contribution in [2.24, 2.45) is 0 Å². The van der Waals surface area contributed by atoms with Gasteiger partial charge in [0.05, 0.1) is 15.5 Å². The molecule has 0 fully saturated rings. The molecule has 1 aliphatic rings. The number of sulfone groups is 1. The minimum atomic E-state index is -3.96. The maximum absolute atomic E-state index is 14.2. The van der Waals surface area contributed by atoms with Gasteiger partial charge in [0.1, 0.15) is 5.82 Å². The van der Waals surface area contributed by atoms with Gasteiger partial charge in [0, 0.05) is 12.8 Å². The highest BCUT2D eigenvalue weighted by molar-refractivity contribution is 7.93. The van der Waals surface area contributed by atoms with E-state index in [1.807, 2.05) is 0 Å². The number of halogens is 1. The Balaban J connectivity index is 2.07. The zero-order chi connectivity index (χ0) is 17.5. The molecule has 0 N–H and O–H groups in total. The average molecular weight is 369 g/mol. The molecule has 0 spiro atoms. The molecule has 24 heavy (non-hydrogen) atoms. The SMILES string of the molecule is CS(=O)(=O)c1ccc(S(=O)(=O)N2CCCc3cccc(F)c32)cc1. The summed E-state index contributed by atoms with van der Waals surface area (Å²) in [6.45, 7) is 0.185. The lowest BCUT2D eigenvalue weighted by Gasteiger charge is -2.30. The van der Waals surface area contributed by atoms with E-state index in [1.54, 1.807) is 12.1 Å². The van der Waals surface area contributed by atoms with Gasteiger partial charge in [-0.15, -0.1) is 0 Å². The summed E-state index contributed by atoms with van der Waals surface area (Å²) in [4.78, 5) is -0.0299. The number of aryl methyl sites for hydroxylation is 1. The normalized spacial score (nSPS) is 15.2. The largest absolute Gasteiger partial charge is 0.264 e. The van der Waals surface area contributed by atoms with Crippen molar-refractivity contribution in [2.75, 3.05) is 17.1 Å². The van der Waals surface area contributed by atoms with E-state index in [0.29, 0.717) is 18.4 Å². The van der Waals surface area contributed by atoms with E-state index in [0.717, 1.165) is 10.6 Å². The van der Waals surface area contributed by atoms with Gasteiger partial charge in [0.25, 0.3) is 10.0 Å². The van der Waals surface area contributed by atoms with Crippen molar-refractivity contribution in [3.05, 3.63) is 53.8 Å². The van der Waals surface area contributed by atoms with Gasteiger partial charge in [-0.25, -0.2) is 21.2 Å². The molecule has 8 heteroatoms. The molecular weight excluding hydrogens is 353 g/mol. The Hall–Kier alpha value is -1.93. The number of hydrogen-bond acceptors (Lipinski definition) is 4. The Morgan fingerprint density at radius 3 is 2.21 bits per heavy atom. The highest BCUT2D eigenvalue weighted by atomic mass is 32.2. The number of para-hydroxylation sites is 1. The molecule has 0 unspecified atom stereocenters. The topological polar surface area (TPSA) is 71.5 Å². The Labute approximate surface area is 140 Å². The molecule has 3 rings (SSSR count). The zero-order valence-corrected chi connectivity index (χ0v) is 14.6. The molecule has 1 heterocycles. The highest BCUT2D eigenvalue weighted by Gasteiger charge is 2.31. The van der Waals surface area contributed by atoms with Gasteiger partial charge >= 0.3 is 0 Å². The lowest BCUT2D eigenvalue weighted by Crippen LogP contribution is -2.36. The second kappa shape index (κ2) is 5.86. The quantitative estimate of drug-likeness (QED) is 0.833.